The van der Waals surface area contributed by atoms with Crippen LogP contribution in [0.15, 0.2) is 0 Å². The van der Waals surface area contributed by atoms with Crippen molar-refractivity contribution >= 4 is 10.8 Å². The van der Waals surface area contributed by atoms with Gasteiger partial charge in [0.25, 0.3) is 0 Å². The first-order valence-electron chi connectivity index (χ1n) is 6.01. The third-order valence-electron chi connectivity index (χ3n) is 3.64. The fourth-order valence-electron chi connectivity index (χ4n) is 2.67. The quantitative estimate of drug-likeness (QED) is 0.715. The Morgan fingerprint density at radius 3 is 2.60 bits per heavy atom. The van der Waals surface area contributed by atoms with Crippen LogP contribution in [-0.4, -0.2) is 51.8 Å². The highest BCUT2D eigenvalue weighted by atomic mass is 32.2. The predicted molar refractivity (Wildman–Crippen MR) is 64.5 cm³/mol. The van der Waals surface area contributed by atoms with Crippen molar-refractivity contribution in [3.63, 3.8) is 0 Å². The molecule has 2 unspecified atom stereocenters. The molecule has 0 aromatic carbocycles. The largest absolute Gasteiger partial charge is 0.311 e. The lowest BCUT2D eigenvalue weighted by Gasteiger charge is -2.43. The van der Waals surface area contributed by atoms with Crippen molar-refractivity contribution < 1.29 is 4.21 Å². The summed E-state index contributed by atoms with van der Waals surface area (Å²) in [4.78, 5) is 2.62. The van der Waals surface area contributed by atoms with Crippen LogP contribution in [0.5, 0.6) is 0 Å². The SMILES string of the molecule is CC1CN(C2CCS(=O)CC2)C(C)CN1. The van der Waals surface area contributed by atoms with Crippen molar-refractivity contribution in [1.82, 2.24) is 10.2 Å². The van der Waals surface area contributed by atoms with Gasteiger partial charge in [-0.25, -0.2) is 0 Å². The molecule has 88 valence electrons. The number of hydrogen-bond acceptors (Lipinski definition) is 3. The maximum absolute atomic E-state index is 11.3. The van der Waals surface area contributed by atoms with E-state index in [1.54, 1.807) is 0 Å². The molecule has 0 bridgehead atoms. The zero-order valence-corrected chi connectivity index (χ0v) is 10.6. The maximum Gasteiger partial charge on any atom is 0.0249 e. The van der Waals surface area contributed by atoms with Crippen molar-refractivity contribution in [2.45, 2.75) is 44.8 Å². The van der Waals surface area contributed by atoms with Crippen LogP contribution in [0.25, 0.3) is 0 Å². The van der Waals surface area contributed by atoms with Gasteiger partial charge >= 0.3 is 0 Å². The molecule has 0 spiro atoms. The molecule has 2 aliphatic heterocycles. The van der Waals surface area contributed by atoms with Crippen molar-refractivity contribution in [2.24, 2.45) is 0 Å². The van der Waals surface area contributed by atoms with Crippen molar-refractivity contribution in [1.29, 1.82) is 0 Å². The summed E-state index contributed by atoms with van der Waals surface area (Å²) in [6.45, 7) is 6.80. The van der Waals surface area contributed by atoms with Crippen molar-refractivity contribution in [3.05, 3.63) is 0 Å². The monoisotopic (exact) mass is 230 g/mol. The molecule has 1 N–H and O–H groups in total. The average Bonchev–Trinajstić information content (AvgIpc) is 2.23. The smallest absolute Gasteiger partial charge is 0.0249 e. The number of hydrogen-bond donors (Lipinski definition) is 1. The first-order valence-corrected chi connectivity index (χ1v) is 7.49. The lowest BCUT2D eigenvalue weighted by atomic mass is 10.0. The molecule has 15 heavy (non-hydrogen) atoms. The van der Waals surface area contributed by atoms with Gasteiger partial charge in [0, 0.05) is 53.5 Å². The van der Waals surface area contributed by atoms with Crippen LogP contribution < -0.4 is 5.32 Å². The first kappa shape index (κ1) is 11.6. The van der Waals surface area contributed by atoms with E-state index >= 15 is 0 Å². The van der Waals surface area contributed by atoms with E-state index in [9.17, 15) is 4.21 Å². The Balaban J connectivity index is 1.93. The minimum Gasteiger partial charge on any atom is -0.311 e. The van der Waals surface area contributed by atoms with Crippen molar-refractivity contribution in [2.75, 3.05) is 24.6 Å². The summed E-state index contributed by atoms with van der Waals surface area (Å²) in [6, 6.07) is 1.92. The minimum absolute atomic E-state index is 0.528. The number of rotatable bonds is 1. The molecule has 2 saturated heterocycles. The summed E-state index contributed by atoms with van der Waals surface area (Å²) in [7, 11) is -0.528. The van der Waals surface area contributed by atoms with Crippen LogP contribution in [-0.2, 0) is 10.8 Å². The third kappa shape index (κ3) is 2.80. The van der Waals surface area contributed by atoms with Crippen LogP contribution in [0, 0.1) is 0 Å². The Hall–Kier alpha value is 0.0700. The van der Waals surface area contributed by atoms with E-state index in [4.69, 9.17) is 0 Å². The van der Waals surface area contributed by atoms with E-state index in [0.29, 0.717) is 18.1 Å². The minimum atomic E-state index is -0.528. The highest BCUT2D eigenvalue weighted by molar-refractivity contribution is 7.85. The molecule has 2 fully saturated rings. The van der Waals surface area contributed by atoms with E-state index in [2.05, 4.69) is 24.1 Å². The van der Waals surface area contributed by atoms with Gasteiger partial charge in [-0.15, -0.1) is 0 Å². The lowest BCUT2D eigenvalue weighted by molar-refractivity contribution is 0.0894. The van der Waals surface area contributed by atoms with Gasteiger partial charge in [-0.2, -0.15) is 0 Å². The molecule has 0 aromatic heterocycles. The van der Waals surface area contributed by atoms with Gasteiger partial charge in [-0.05, 0) is 26.7 Å². The lowest BCUT2D eigenvalue weighted by Crippen LogP contribution is -2.58. The van der Waals surface area contributed by atoms with Gasteiger partial charge in [-0.1, -0.05) is 0 Å². The Kier molecular flexibility index (Phi) is 3.80. The van der Waals surface area contributed by atoms with E-state index in [1.807, 2.05) is 0 Å². The van der Waals surface area contributed by atoms with Gasteiger partial charge in [0.15, 0.2) is 0 Å². The second-order valence-electron chi connectivity index (χ2n) is 4.93. The molecule has 4 heteroatoms. The summed E-state index contributed by atoms with van der Waals surface area (Å²) < 4.78 is 11.3. The summed E-state index contributed by atoms with van der Waals surface area (Å²) >= 11 is 0. The normalized spacial score (nSPS) is 44.1. The highest BCUT2D eigenvalue weighted by Crippen LogP contribution is 2.20. The predicted octanol–water partition coefficient (Wildman–Crippen LogP) is 0.580. The topological polar surface area (TPSA) is 32.3 Å². The molecule has 3 nitrogen and oxygen atoms in total. The molecule has 2 heterocycles. The van der Waals surface area contributed by atoms with Crippen LogP contribution >= 0.6 is 0 Å². The van der Waals surface area contributed by atoms with E-state index in [-0.39, 0.29) is 0 Å². The third-order valence-corrected chi connectivity index (χ3v) is 5.02. The summed E-state index contributed by atoms with van der Waals surface area (Å²) in [6.07, 6.45) is 2.26. The van der Waals surface area contributed by atoms with Crippen LogP contribution in [0.2, 0.25) is 0 Å². The average molecular weight is 230 g/mol. The first-order chi connectivity index (χ1) is 7.16. The fourth-order valence-corrected chi connectivity index (χ4v) is 3.95. The van der Waals surface area contributed by atoms with Gasteiger partial charge in [-0.3, -0.25) is 9.11 Å². The molecule has 0 aromatic rings. The highest BCUT2D eigenvalue weighted by Gasteiger charge is 2.30. The Morgan fingerprint density at radius 2 is 1.93 bits per heavy atom. The number of piperazine rings is 1. The van der Waals surface area contributed by atoms with E-state index in [0.717, 1.165) is 37.4 Å². The molecule has 0 amide bonds. The van der Waals surface area contributed by atoms with Gasteiger partial charge < -0.3 is 5.32 Å². The Labute approximate surface area is 95.1 Å². The summed E-state index contributed by atoms with van der Waals surface area (Å²) in [5.41, 5.74) is 0. The van der Waals surface area contributed by atoms with E-state index in [1.165, 1.54) is 0 Å². The van der Waals surface area contributed by atoms with Gasteiger partial charge in [0.05, 0.1) is 0 Å². The second-order valence-corrected chi connectivity index (χ2v) is 6.63. The van der Waals surface area contributed by atoms with Crippen LogP contribution in [0.4, 0.5) is 0 Å². The number of nitrogens with one attached hydrogen (secondary N) is 1. The van der Waals surface area contributed by atoms with Gasteiger partial charge in [0.1, 0.15) is 0 Å². The fraction of sp³-hybridized carbons (Fsp3) is 1.00. The molecule has 2 atom stereocenters. The molecule has 0 aliphatic carbocycles. The van der Waals surface area contributed by atoms with Crippen LogP contribution in [0.3, 0.4) is 0 Å². The van der Waals surface area contributed by atoms with Crippen molar-refractivity contribution in [3.8, 4) is 0 Å². The molecule has 0 radical (unpaired) electrons. The summed E-state index contributed by atoms with van der Waals surface area (Å²) in [5, 5.41) is 3.51. The standard InChI is InChI=1S/C11H22N2OS/c1-9-8-13(10(2)7-12-9)11-3-5-15(14)6-4-11/h9-12H,3-8H2,1-2H3. The Bertz CT molecular complexity index is 237. The Morgan fingerprint density at radius 1 is 1.27 bits per heavy atom. The summed E-state index contributed by atoms with van der Waals surface area (Å²) in [5.74, 6) is 1.82. The second kappa shape index (κ2) is 4.93. The molecule has 0 saturated carbocycles. The molecular weight excluding hydrogens is 208 g/mol. The van der Waals surface area contributed by atoms with Crippen LogP contribution in [0.1, 0.15) is 26.7 Å². The molecular formula is C11H22N2OS. The molecule has 2 aliphatic rings. The number of nitrogens with zero attached hydrogens (tertiary/aromatic N) is 1. The maximum atomic E-state index is 11.3. The van der Waals surface area contributed by atoms with Gasteiger partial charge in [0.2, 0.25) is 0 Å². The molecule has 2 rings (SSSR count). The van der Waals surface area contributed by atoms with E-state index < -0.39 is 10.8 Å². The zero-order valence-electron chi connectivity index (χ0n) is 9.74. The zero-order chi connectivity index (χ0) is 10.8.